The van der Waals surface area contributed by atoms with Gasteiger partial charge in [0.25, 0.3) is 0 Å². The summed E-state index contributed by atoms with van der Waals surface area (Å²) in [4.78, 5) is 11.9. The molecule has 0 atom stereocenters. The maximum Gasteiger partial charge on any atom is 0.170 e. The number of ketones is 1. The van der Waals surface area contributed by atoms with Crippen LogP contribution in [-0.2, 0) is 6.42 Å². The summed E-state index contributed by atoms with van der Waals surface area (Å²) in [6, 6.07) is 10.1. The number of halogens is 2. The Morgan fingerprint density at radius 2 is 1.72 bits per heavy atom. The first kappa shape index (κ1) is 12.4. The molecule has 0 aliphatic rings. The number of carbonyl (C=O) groups is 1. The standard InChI is InChI=1S/C15H12F2O/c1-10-2-7-14(17)13(8-10)15(18)9-11-3-5-12(16)6-4-11/h2-8H,9H2,1H3. The highest BCUT2D eigenvalue weighted by atomic mass is 19.1. The minimum Gasteiger partial charge on any atom is -0.294 e. The van der Waals surface area contributed by atoms with Crippen molar-refractivity contribution in [3.8, 4) is 0 Å². The van der Waals surface area contributed by atoms with Crippen LogP contribution in [0.2, 0.25) is 0 Å². The van der Waals surface area contributed by atoms with E-state index in [1.807, 2.05) is 0 Å². The van der Waals surface area contributed by atoms with E-state index in [0.717, 1.165) is 5.56 Å². The monoisotopic (exact) mass is 246 g/mol. The Bertz CT molecular complexity index is 574. The molecule has 92 valence electrons. The molecule has 3 heteroatoms. The van der Waals surface area contributed by atoms with Gasteiger partial charge in [-0.25, -0.2) is 8.78 Å². The van der Waals surface area contributed by atoms with Gasteiger partial charge in [-0.2, -0.15) is 0 Å². The van der Waals surface area contributed by atoms with E-state index in [4.69, 9.17) is 0 Å². The summed E-state index contributed by atoms with van der Waals surface area (Å²) in [7, 11) is 0. The third-order valence-electron chi connectivity index (χ3n) is 2.70. The summed E-state index contributed by atoms with van der Waals surface area (Å²) in [6.45, 7) is 1.80. The molecule has 0 amide bonds. The van der Waals surface area contributed by atoms with Gasteiger partial charge in [-0.3, -0.25) is 4.79 Å². The minimum atomic E-state index is -0.521. The minimum absolute atomic E-state index is 0.0701. The molecule has 0 radical (unpaired) electrons. The third-order valence-corrected chi connectivity index (χ3v) is 2.70. The van der Waals surface area contributed by atoms with Gasteiger partial charge in [-0.15, -0.1) is 0 Å². The zero-order valence-corrected chi connectivity index (χ0v) is 9.91. The molecule has 0 aromatic heterocycles. The van der Waals surface area contributed by atoms with Crippen LogP contribution in [0.4, 0.5) is 8.78 Å². The lowest BCUT2D eigenvalue weighted by atomic mass is 10.0. The Morgan fingerprint density at radius 3 is 2.39 bits per heavy atom. The molecule has 0 N–H and O–H groups in total. The first-order valence-electron chi connectivity index (χ1n) is 5.60. The maximum atomic E-state index is 13.5. The Morgan fingerprint density at radius 1 is 1.06 bits per heavy atom. The van der Waals surface area contributed by atoms with Crippen LogP contribution in [0.3, 0.4) is 0 Å². The lowest BCUT2D eigenvalue weighted by Gasteiger charge is -2.04. The topological polar surface area (TPSA) is 17.1 Å². The highest BCUT2D eigenvalue weighted by Gasteiger charge is 2.12. The summed E-state index contributed by atoms with van der Waals surface area (Å²) in [5.41, 5.74) is 1.58. The Labute approximate surface area is 104 Å². The molecule has 2 aromatic carbocycles. The van der Waals surface area contributed by atoms with Crippen molar-refractivity contribution in [2.75, 3.05) is 0 Å². The first-order chi connectivity index (χ1) is 8.56. The van der Waals surface area contributed by atoms with Crippen LogP contribution in [0.25, 0.3) is 0 Å². The summed E-state index contributed by atoms with van der Waals surface area (Å²) in [6.07, 6.45) is 0.0701. The zero-order valence-electron chi connectivity index (χ0n) is 9.91. The van der Waals surface area contributed by atoms with Crippen molar-refractivity contribution in [2.45, 2.75) is 13.3 Å². The molecule has 0 spiro atoms. The number of hydrogen-bond donors (Lipinski definition) is 0. The van der Waals surface area contributed by atoms with E-state index in [1.54, 1.807) is 13.0 Å². The predicted octanol–water partition coefficient (Wildman–Crippen LogP) is 3.70. The molecule has 1 nitrogen and oxygen atoms in total. The van der Waals surface area contributed by atoms with Gasteiger partial charge >= 0.3 is 0 Å². The summed E-state index contributed by atoms with van der Waals surface area (Å²) < 4.78 is 26.2. The van der Waals surface area contributed by atoms with Crippen LogP contribution < -0.4 is 0 Å². The quantitative estimate of drug-likeness (QED) is 0.755. The molecule has 0 heterocycles. The predicted molar refractivity (Wildman–Crippen MR) is 65.6 cm³/mol. The van der Waals surface area contributed by atoms with Crippen LogP contribution in [0.1, 0.15) is 21.5 Å². The Balaban J connectivity index is 2.21. The Hall–Kier alpha value is -2.03. The molecule has 0 aliphatic carbocycles. The molecule has 18 heavy (non-hydrogen) atoms. The van der Waals surface area contributed by atoms with Gasteiger partial charge < -0.3 is 0 Å². The zero-order chi connectivity index (χ0) is 13.1. The van der Waals surface area contributed by atoms with Crippen molar-refractivity contribution >= 4 is 5.78 Å². The van der Waals surface area contributed by atoms with Crippen molar-refractivity contribution in [1.29, 1.82) is 0 Å². The van der Waals surface area contributed by atoms with Crippen molar-refractivity contribution in [3.63, 3.8) is 0 Å². The van der Waals surface area contributed by atoms with Crippen LogP contribution in [0.5, 0.6) is 0 Å². The van der Waals surface area contributed by atoms with Crippen molar-refractivity contribution in [3.05, 3.63) is 70.8 Å². The average Bonchev–Trinajstić information content (AvgIpc) is 2.35. The van der Waals surface area contributed by atoms with Gasteiger partial charge in [-0.05, 0) is 36.8 Å². The van der Waals surface area contributed by atoms with Crippen LogP contribution in [0, 0.1) is 18.6 Å². The number of carbonyl (C=O) groups excluding carboxylic acids is 1. The van der Waals surface area contributed by atoms with E-state index in [2.05, 4.69) is 0 Å². The van der Waals surface area contributed by atoms with Crippen LogP contribution in [-0.4, -0.2) is 5.78 Å². The second-order valence-electron chi connectivity index (χ2n) is 4.21. The van der Waals surface area contributed by atoms with E-state index in [-0.39, 0.29) is 23.6 Å². The van der Waals surface area contributed by atoms with E-state index in [9.17, 15) is 13.6 Å². The molecule has 0 saturated carbocycles. The van der Waals surface area contributed by atoms with Crippen molar-refractivity contribution in [2.24, 2.45) is 0 Å². The average molecular weight is 246 g/mol. The highest BCUT2D eigenvalue weighted by molar-refractivity contribution is 5.97. The second-order valence-corrected chi connectivity index (χ2v) is 4.21. The molecular weight excluding hydrogens is 234 g/mol. The molecule has 0 saturated heterocycles. The number of benzene rings is 2. The normalized spacial score (nSPS) is 10.4. The number of rotatable bonds is 3. The van der Waals surface area contributed by atoms with E-state index in [0.29, 0.717) is 5.56 Å². The van der Waals surface area contributed by atoms with Crippen LogP contribution >= 0.6 is 0 Å². The second kappa shape index (κ2) is 5.08. The molecule has 0 aliphatic heterocycles. The first-order valence-corrected chi connectivity index (χ1v) is 5.60. The number of aryl methyl sites for hydroxylation is 1. The fourth-order valence-corrected chi connectivity index (χ4v) is 1.74. The van der Waals surface area contributed by atoms with Crippen molar-refractivity contribution < 1.29 is 13.6 Å². The SMILES string of the molecule is Cc1ccc(F)c(C(=O)Cc2ccc(F)cc2)c1. The van der Waals surface area contributed by atoms with Gasteiger partial charge in [-0.1, -0.05) is 23.8 Å². The smallest absolute Gasteiger partial charge is 0.170 e. The molecule has 0 bridgehead atoms. The van der Waals surface area contributed by atoms with Gasteiger partial charge in [0.15, 0.2) is 5.78 Å². The molecule has 2 aromatic rings. The van der Waals surface area contributed by atoms with Crippen molar-refractivity contribution in [1.82, 2.24) is 0 Å². The van der Waals surface area contributed by atoms with E-state index >= 15 is 0 Å². The van der Waals surface area contributed by atoms with Gasteiger partial charge in [0.1, 0.15) is 11.6 Å². The molecule has 0 unspecified atom stereocenters. The molecular formula is C15H12F2O. The van der Waals surface area contributed by atoms with Gasteiger partial charge in [0, 0.05) is 6.42 Å². The maximum absolute atomic E-state index is 13.5. The van der Waals surface area contributed by atoms with Gasteiger partial charge in [0.2, 0.25) is 0 Å². The number of Topliss-reactive ketones (excluding diaryl/α,β-unsaturated/α-hetero) is 1. The third kappa shape index (κ3) is 2.80. The van der Waals surface area contributed by atoms with E-state index in [1.165, 1.54) is 36.4 Å². The highest BCUT2D eigenvalue weighted by Crippen LogP contribution is 2.14. The van der Waals surface area contributed by atoms with E-state index < -0.39 is 5.82 Å². The lowest BCUT2D eigenvalue weighted by Crippen LogP contribution is -2.06. The molecule has 2 rings (SSSR count). The number of hydrogen-bond acceptors (Lipinski definition) is 1. The van der Waals surface area contributed by atoms with Gasteiger partial charge in [0.05, 0.1) is 5.56 Å². The van der Waals surface area contributed by atoms with Crippen LogP contribution in [0.15, 0.2) is 42.5 Å². The largest absolute Gasteiger partial charge is 0.294 e. The lowest BCUT2D eigenvalue weighted by molar-refractivity contribution is 0.0989. The fraction of sp³-hybridized carbons (Fsp3) is 0.133. The fourth-order valence-electron chi connectivity index (χ4n) is 1.74. The molecule has 0 fully saturated rings. The Kier molecular flexibility index (Phi) is 3.51. The summed E-state index contributed by atoms with van der Waals surface area (Å²) in [5.74, 6) is -1.18. The summed E-state index contributed by atoms with van der Waals surface area (Å²) >= 11 is 0. The summed E-state index contributed by atoms with van der Waals surface area (Å²) in [5, 5.41) is 0.